The minimum absolute atomic E-state index is 0.0311. The summed E-state index contributed by atoms with van der Waals surface area (Å²) in [4.78, 5) is 50.6. The molecule has 0 radical (unpaired) electrons. The van der Waals surface area contributed by atoms with Crippen LogP contribution in [0.5, 0.6) is 0 Å². The van der Waals surface area contributed by atoms with E-state index < -0.39 is 18.5 Å². The van der Waals surface area contributed by atoms with Gasteiger partial charge in [-0.25, -0.2) is 0 Å². The summed E-state index contributed by atoms with van der Waals surface area (Å²) in [5.74, 6) is -1.39. The van der Waals surface area contributed by atoms with E-state index in [0.29, 0.717) is 24.3 Å². The van der Waals surface area contributed by atoms with Gasteiger partial charge >= 0.3 is 5.97 Å². The van der Waals surface area contributed by atoms with Crippen LogP contribution in [-0.4, -0.2) is 59.8 Å². The zero-order chi connectivity index (χ0) is 24.9. The number of carbonyl (C=O) groups is 4. The molecule has 8 nitrogen and oxygen atoms in total. The molecule has 1 atom stereocenters. The predicted molar refractivity (Wildman–Crippen MR) is 134 cm³/mol. The van der Waals surface area contributed by atoms with Gasteiger partial charge in [0.15, 0.2) is 6.61 Å². The molecule has 3 amide bonds. The molecule has 0 unspecified atom stereocenters. The number of amides is 3. The van der Waals surface area contributed by atoms with Gasteiger partial charge in [0.05, 0.1) is 28.8 Å². The second kappa shape index (κ2) is 14.0. The number of esters is 1. The highest BCUT2D eigenvalue weighted by atomic mass is 32.2. The third-order valence-electron chi connectivity index (χ3n) is 5.02. The third kappa shape index (κ3) is 8.55. The lowest BCUT2D eigenvalue weighted by Gasteiger charge is -2.18. The number of thioether (sulfide) groups is 1. The van der Waals surface area contributed by atoms with E-state index in [-0.39, 0.29) is 29.4 Å². The number of benzene rings is 2. The molecule has 0 aliphatic carbocycles. The van der Waals surface area contributed by atoms with Crippen molar-refractivity contribution in [3.05, 3.63) is 65.7 Å². The Balaban J connectivity index is 1.83. The van der Waals surface area contributed by atoms with Crippen LogP contribution in [0.3, 0.4) is 0 Å². The Labute approximate surface area is 204 Å². The number of nitrogens with one attached hydrogen (secondary N) is 2. The first-order valence-electron chi connectivity index (χ1n) is 11.1. The van der Waals surface area contributed by atoms with E-state index in [1.807, 2.05) is 51.1 Å². The first-order valence-corrected chi connectivity index (χ1v) is 12.3. The van der Waals surface area contributed by atoms with Crippen molar-refractivity contribution in [2.24, 2.45) is 0 Å². The number of carbonyl (C=O) groups excluding carboxylic acids is 4. The van der Waals surface area contributed by atoms with Crippen molar-refractivity contribution >= 4 is 41.1 Å². The van der Waals surface area contributed by atoms with Gasteiger partial charge in [-0.1, -0.05) is 42.5 Å². The van der Waals surface area contributed by atoms with Gasteiger partial charge in [-0.15, -0.1) is 11.8 Å². The maximum Gasteiger partial charge on any atom is 0.316 e. The van der Waals surface area contributed by atoms with Crippen molar-refractivity contribution in [3.63, 3.8) is 0 Å². The number of ether oxygens (including phenoxy) is 1. The molecular weight excluding hydrogens is 454 g/mol. The van der Waals surface area contributed by atoms with Crippen molar-refractivity contribution in [1.29, 1.82) is 0 Å². The van der Waals surface area contributed by atoms with E-state index in [9.17, 15) is 19.2 Å². The van der Waals surface area contributed by atoms with Crippen LogP contribution in [0.4, 0.5) is 5.69 Å². The van der Waals surface area contributed by atoms with Gasteiger partial charge in [-0.05, 0) is 38.5 Å². The lowest BCUT2D eigenvalue weighted by Crippen LogP contribution is -2.32. The standard InChI is InChI=1S/C25H31N3O5S/c1-4-28(5-2)23(30)16-34-17-24(31)33-15-22(29)27-21-14-10-9-13-20(21)25(32)26-18(3)19-11-7-6-8-12-19/h6-14,18H,4-5,15-17H2,1-3H3,(H,26,32)(H,27,29)/t18-/m1/s1. The Morgan fingerprint density at radius 3 is 2.26 bits per heavy atom. The van der Waals surface area contributed by atoms with E-state index in [1.54, 1.807) is 29.2 Å². The highest BCUT2D eigenvalue weighted by Gasteiger charge is 2.17. The van der Waals surface area contributed by atoms with Gasteiger partial charge in [0.2, 0.25) is 5.91 Å². The van der Waals surface area contributed by atoms with Crippen LogP contribution in [0.15, 0.2) is 54.6 Å². The monoisotopic (exact) mass is 485 g/mol. The average Bonchev–Trinajstić information content (AvgIpc) is 2.84. The number of hydrogen-bond acceptors (Lipinski definition) is 6. The van der Waals surface area contributed by atoms with Gasteiger partial charge in [-0.3, -0.25) is 19.2 Å². The Kier molecular flexibility index (Phi) is 11.1. The van der Waals surface area contributed by atoms with Crippen molar-refractivity contribution in [1.82, 2.24) is 10.2 Å². The zero-order valence-corrected chi connectivity index (χ0v) is 20.5. The van der Waals surface area contributed by atoms with Crippen LogP contribution < -0.4 is 10.6 Å². The van der Waals surface area contributed by atoms with Crippen molar-refractivity contribution in [2.45, 2.75) is 26.8 Å². The molecule has 0 saturated heterocycles. The highest BCUT2D eigenvalue weighted by Crippen LogP contribution is 2.18. The van der Waals surface area contributed by atoms with E-state index in [0.717, 1.165) is 17.3 Å². The summed E-state index contributed by atoms with van der Waals surface area (Å²) in [6, 6.07) is 15.9. The molecule has 0 bridgehead atoms. The first kappa shape index (κ1) is 26.9. The zero-order valence-electron chi connectivity index (χ0n) is 19.7. The molecule has 2 rings (SSSR count). The molecule has 2 N–H and O–H groups in total. The Morgan fingerprint density at radius 2 is 1.59 bits per heavy atom. The molecule has 2 aromatic rings. The lowest BCUT2D eigenvalue weighted by molar-refractivity contribution is -0.144. The minimum atomic E-state index is -0.588. The summed E-state index contributed by atoms with van der Waals surface area (Å²) in [5.41, 5.74) is 1.58. The molecule has 182 valence electrons. The molecular formula is C25H31N3O5S. The molecule has 0 fully saturated rings. The summed E-state index contributed by atoms with van der Waals surface area (Å²) in [6.45, 7) is 6.41. The highest BCUT2D eigenvalue weighted by molar-refractivity contribution is 8.00. The number of nitrogens with zero attached hydrogens (tertiary/aromatic N) is 1. The molecule has 2 aromatic carbocycles. The lowest BCUT2D eigenvalue weighted by atomic mass is 10.1. The number of para-hydroxylation sites is 1. The van der Waals surface area contributed by atoms with Crippen LogP contribution in [0, 0.1) is 0 Å². The topological polar surface area (TPSA) is 105 Å². The minimum Gasteiger partial charge on any atom is -0.455 e. The fourth-order valence-electron chi connectivity index (χ4n) is 3.15. The second-order valence-electron chi connectivity index (χ2n) is 7.42. The normalized spacial score (nSPS) is 11.3. The van der Waals surface area contributed by atoms with Crippen molar-refractivity contribution in [2.75, 3.05) is 36.5 Å². The Morgan fingerprint density at radius 1 is 0.941 bits per heavy atom. The third-order valence-corrected chi connectivity index (χ3v) is 5.91. The fraction of sp³-hybridized carbons (Fsp3) is 0.360. The van der Waals surface area contributed by atoms with Crippen molar-refractivity contribution < 1.29 is 23.9 Å². The summed E-state index contributed by atoms with van der Waals surface area (Å²) >= 11 is 1.14. The maximum absolute atomic E-state index is 12.8. The summed E-state index contributed by atoms with van der Waals surface area (Å²) in [7, 11) is 0. The maximum atomic E-state index is 12.8. The van der Waals surface area contributed by atoms with Gasteiger partial charge in [-0.2, -0.15) is 0 Å². The SMILES string of the molecule is CCN(CC)C(=O)CSCC(=O)OCC(=O)Nc1ccccc1C(=O)N[C@H](C)c1ccccc1. The van der Waals surface area contributed by atoms with Crippen LogP contribution in [0.1, 0.15) is 42.7 Å². The Bertz CT molecular complexity index is 980. The van der Waals surface area contributed by atoms with Crippen molar-refractivity contribution in [3.8, 4) is 0 Å². The van der Waals surface area contributed by atoms with Gasteiger partial charge in [0.1, 0.15) is 0 Å². The molecule has 0 aliphatic rings. The van der Waals surface area contributed by atoms with Gasteiger partial charge in [0, 0.05) is 13.1 Å². The van der Waals surface area contributed by atoms with Gasteiger partial charge < -0.3 is 20.3 Å². The molecule has 0 aromatic heterocycles. The molecule has 0 spiro atoms. The average molecular weight is 486 g/mol. The van der Waals surface area contributed by atoms with Crippen LogP contribution in [0.2, 0.25) is 0 Å². The van der Waals surface area contributed by atoms with Crippen LogP contribution in [-0.2, 0) is 19.1 Å². The van der Waals surface area contributed by atoms with E-state index in [4.69, 9.17) is 4.74 Å². The Hall–Kier alpha value is -3.33. The second-order valence-corrected chi connectivity index (χ2v) is 8.40. The van der Waals surface area contributed by atoms with Crippen LogP contribution in [0.25, 0.3) is 0 Å². The molecule has 9 heteroatoms. The molecule has 0 saturated carbocycles. The summed E-state index contributed by atoms with van der Waals surface area (Å²) in [5, 5.41) is 5.54. The van der Waals surface area contributed by atoms with Crippen LogP contribution >= 0.6 is 11.8 Å². The molecule has 0 heterocycles. The smallest absolute Gasteiger partial charge is 0.316 e. The van der Waals surface area contributed by atoms with E-state index >= 15 is 0 Å². The molecule has 34 heavy (non-hydrogen) atoms. The fourth-order valence-corrected chi connectivity index (χ4v) is 3.86. The largest absolute Gasteiger partial charge is 0.455 e. The summed E-state index contributed by atoms with van der Waals surface area (Å²) < 4.78 is 5.00. The van der Waals surface area contributed by atoms with Gasteiger partial charge in [0.25, 0.3) is 11.8 Å². The van der Waals surface area contributed by atoms with E-state index in [1.165, 1.54) is 0 Å². The first-order chi connectivity index (χ1) is 16.3. The quantitative estimate of drug-likeness (QED) is 0.447. The van der Waals surface area contributed by atoms with E-state index in [2.05, 4.69) is 10.6 Å². The summed E-state index contributed by atoms with van der Waals surface area (Å²) in [6.07, 6.45) is 0. The number of hydrogen-bond donors (Lipinski definition) is 2. The predicted octanol–water partition coefficient (Wildman–Crippen LogP) is 3.26. The number of anilines is 1. The number of rotatable bonds is 12. The molecule has 0 aliphatic heterocycles.